The molecule has 2 fully saturated rings. The molecule has 4 rings (SSSR count). The van der Waals surface area contributed by atoms with Crippen molar-refractivity contribution >= 4 is 5.91 Å². The predicted octanol–water partition coefficient (Wildman–Crippen LogP) is 2.11. The third kappa shape index (κ3) is 3.08. The standard InChI is InChI=1S/C17H22N4O3/c1-11-9-14(12(2)23-11)17(22)21-7-5-20(6-8-21)10-15-18-19-16(24-15)13-3-4-13/h9,13H,3-8,10H2,1-2H3. The van der Waals surface area contributed by atoms with Gasteiger partial charge in [-0.2, -0.15) is 0 Å². The van der Waals surface area contributed by atoms with Crippen LogP contribution in [-0.2, 0) is 6.54 Å². The van der Waals surface area contributed by atoms with Crippen molar-refractivity contribution in [1.82, 2.24) is 20.0 Å². The zero-order valence-corrected chi connectivity index (χ0v) is 14.1. The van der Waals surface area contributed by atoms with Crippen molar-refractivity contribution in [1.29, 1.82) is 0 Å². The minimum absolute atomic E-state index is 0.0535. The fraction of sp³-hybridized carbons (Fsp3) is 0.588. The summed E-state index contributed by atoms with van der Waals surface area (Å²) in [6.07, 6.45) is 2.32. The normalized spacial score (nSPS) is 19.0. The van der Waals surface area contributed by atoms with E-state index in [4.69, 9.17) is 8.83 Å². The SMILES string of the molecule is Cc1cc(C(=O)N2CCN(Cc3nnc(C4CC4)o3)CC2)c(C)o1. The van der Waals surface area contributed by atoms with E-state index < -0.39 is 0 Å². The summed E-state index contributed by atoms with van der Waals surface area (Å²) in [6.45, 7) is 7.38. The first-order chi connectivity index (χ1) is 11.6. The number of piperazine rings is 1. The number of aryl methyl sites for hydroxylation is 2. The van der Waals surface area contributed by atoms with E-state index in [-0.39, 0.29) is 5.91 Å². The average Bonchev–Trinajstić information content (AvgIpc) is 3.23. The van der Waals surface area contributed by atoms with Crippen LogP contribution in [0.15, 0.2) is 14.9 Å². The van der Waals surface area contributed by atoms with Crippen molar-refractivity contribution in [3.63, 3.8) is 0 Å². The Labute approximate surface area is 140 Å². The summed E-state index contributed by atoms with van der Waals surface area (Å²) in [5.74, 6) is 3.47. The van der Waals surface area contributed by atoms with Crippen molar-refractivity contribution in [2.75, 3.05) is 26.2 Å². The Morgan fingerprint density at radius 1 is 1.17 bits per heavy atom. The summed E-state index contributed by atoms with van der Waals surface area (Å²) in [5.41, 5.74) is 0.673. The van der Waals surface area contributed by atoms with E-state index in [2.05, 4.69) is 15.1 Å². The first-order valence-electron chi connectivity index (χ1n) is 8.51. The largest absolute Gasteiger partial charge is 0.466 e. The van der Waals surface area contributed by atoms with Gasteiger partial charge in [0, 0.05) is 32.1 Å². The van der Waals surface area contributed by atoms with Gasteiger partial charge in [-0.05, 0) is 32.8 Å². The summed E-state index contributed by atoms with van der Waals surface area (Å²) in [6, 6.07) is 1.82. The molecule has 7 heteroatoms. The number of carbonyl (C=O) groups excluding carboxylic acids is 1. The number of aromatic nitrogens is 2. The molecule has 0 atom stereocenters. The van der Waals surface area contributed by atoms with Crippen LogP contribution < -0.4 is 0 Å². The van der Waals surface area contributed by atoms with Crippen LogP contribution in [-0.4, -0.2) is 52.1 Å². The third-order valence-electron chi connectivity index (χ3n) is 4.70. The first-order valence-corrected chi connectivity index (χ1v) is 8.51. The van der Waals surface area contributed by atoms with Gasteiger partial charge in [0.2, 0.25) is 11.8 Å². The van der Waals surface area contributed by atoms with Gasteiger partial charge in [-0.15, -0.1) is 10.2 Å². The molecule has 0 N–H and O–H groups in total. The Kier molecular flexibility index (Phi) is 3.88. The third-order valence-corrected chi connectivity index (χ3v) is 4.70. The topological polar surface area (TPSA) is 75.6 Å². The van der Waals surface area contributed by atoms with Crippen LogP contribution in [0.3, 0.4) is 0 Å². The van der Waals surface area contributed by atoms with Gasteiger partial charge in [0.05, 0.1) is 12.1 Å². The lowest BCUT2D eigenvalue weighted by Crippen LogP contribution is -2.48. The van der Waals surface area contributed by atoms with Crippen LogP contribution in [0.4, 0.5) is 0 Å². The summed E-state index contributed by atoms with van der Waals surface area (Å²) in [5, 5.41) is 8.26. The molecule has 0 bridgehead atoms. The number of hydrogen-bond acceptors (Lipinski definition) is 6. The summed E-state index contributed by atoms with van der Waals surface area (Å²) in [4.78, 5) is 16.7. The summed E-state index contributed by atoms with van der Waals surface area (Å²) < 4.78 is 11.2. The molecule has 1 saturated carbocycles. The van der Waals surface area contributed by atoms with Gasteiger partial charge in [0.1, 0.15) is 11.5 Å². The lowest BCUT2D eigenvalue weighted by Gasteiger charge is -2.33. The number of carbonyl (C=O) groups is 1. The van der Waals surface area contributed by atoms with E-state index in [0.29, 0.717) is 42.8 Å². The highest BCUT2D eigenvalue weighted by Gasteiger charge is 2.30. The second-order valence-electron chi connectivity index (χ2n) is 6.70. The summed E-state index contributed by atoms with van der Waals surface area (Å²) >= 11 is 0. The maximum absolute atomic E-state index is 12.6. The van der Waals surface area contributed by atoms with Gasteiger partial charge in [-0.3, -0.25) is 9.69 Å². The highest BCUT2D eigenvalue weighted by atomic mass is 16.4. The van der Waals surface area contributed by atoms with E-state index in [9.17, 15) is 4.79 Å². The Balaban J connectivity index is 1.32. The van der Waals surface area contributed by atoms with Gasteiger partial charge in [-0.1, -0.05) is 0 Å². The maximum Gasteiger partial charge on any atom is 0.257 e. The van der Waals surface area contributed by atoms with Crippen molar-refractivity contribution in [3.05, 3.63) is 34.9 Å². The molecule has 2 aliphatic rings. The molecule has 3 heterocycles. The van der Waals surface area contributed by atoms with Gasteiger partial charge in [0.25, 0.3) is 5.91 Å². The minimum atomic E-state index is 0.0535. The molecule has 7 nitrogen and oxygen atoms in total. The van der Waals surface area contributed by atoms with E-state index >= 15 is 0 Å². The Bertz CT molecular complexity index is 739. The molecular formula is C17H22N4O3. The van der Waals surface area contributed by atoms with Crippen LogP contribution in [0.25, 0.3) is 0 Å². The second-order valence-corrected chi connectivity index (χ2v) is 6.70. The summed E-state index contributed by atoms with van der Waals surface area (Å²) in [7, 11) is 0. The molecule has 24 heavy (non-hydrogen) atoms. The number of furan rings is 1. The molecule has 0 spiro atoms. The van der Waals surface area contributed by atoms with Crippen LogP contribution in [0.2, 0.25) is 0 Å². The Morgan fingerprint density at radius 2 is 1.92 bits per heavy atom. The quantitative estimate of drug-likeness (QED) is 0.855. The lowest BCUT2D eigenvalue weighted by molar-refractivity contribution is 0.0616. The fourth-order valence-corrected chi connectivity index (χ4v) is 3.14. The van der Waals surface area contributed by atoms with Crippen molar-refractivity contribution in [2.24, 2.45) is 0 Å². The molecule has 1 amide bonds. The monoisotopic (exact) mass is 330 g/mol. The molecule has 1 aliphatic heterocycles. The zero-order valence-electron chi connectivity index (χ0n) is 14.1. The maximum atomic E-state index is 12.6. The number of amides is 1. The molecule has 1 aliphatic carbocycles. The van der Waals surface area contributed by atoms with Gasteiger partial charge in [-0.25, -0.2) is 0 Å². The number of rotatable bonds is 4. The Hall–Kier alpha value is -2.15. The van der Waals surface area contributed by atoms with Gasteiger partial charge >= 0.3 is 0 Å². The molecular weight excluding hydrogens is 308 g/mol. The highest BCUT2D eigenvalue weighted by molar-refractivity contribution is 5.95. The minimum Gasteiger partial charge on any atom is -0.466 e. The first kappa shape index (κ1) is 15.4. The van der Waals surface area contributed by atoms with Gasteiger partial charge < -0.3 is 13.7 Å². The van der Waals surface area contributed by atoms with Crippen molar-refractivity contribution < 1.29 is 13.6 Å². The van der Waals surface area contributed by atoms with Crippen LogP contribution >= 0.6 is 0 Å². The van der Waals surface area contributed by atoms with Gasteiger partial charge in [0.15, 0.2) is 0 Å². The van der Waals surface area contributed by atoms with E-state index in [1.807, 2.05) is 24.8 Å². The molecule has 0 radical (unpaired) electrons. The van der Waals surface area contributed by atoms with E-state index in [1.165, 1.54) is 0 Å². The molecule has 2 aromatic heterocycles. The number of hydrogen-bond donors (Lipinski definition) is 0. The predicted molar refractivity (Wildman–Crippen MR) is 85.6 cm³/mol. The van der Waals surface area contributed by atoms with Crippen LogP contribution in [0, 0.1) is 13.8 Å². The molecule has 0 aromatic carbocycles. The molecule has 2 aromatic rings. The molecule has 1 saturated heterocycles. The van der Waals surface area contributed by atoms with E-state index in [0.717, 1.165) is 37.6 Å². The number of nitrogens with zero attached hydrogens (tertiary/aromatic N) is 4. The zero-order chi connectivity index (χ0) is 16.7. The van der Waals surface area contributed by atoms with Crippen LogP contribution in [0.1, 0.15) is 52.4 Å². The molecule has 0 unspecified atom stereocenters. The second kappa shape index (κ2) is 6.05. The van der Waals surface area contributed by atoms with Crippen molar-refractivity contribution in [3.8, 4) is 0 Å². The Morgan fingerprint density at radius 3 is 2.54 bits per heavy atom. The lowest BCUT2D eigenvalue weighted by atomic mass is 10.2. The highest BCUT2D eigenvalue weighted by Crippen LogP contribution is 2.39. The average molecular weight is 330 g/mol. The van der Waals surface area contributed by atoms with Crippen molar-refractivity contribution in [2.45, 2.75) is 39.2 Å². The fourth-order valence-electron chi connectivity index (χ4n) is 3.14. The smallest absolute Gasteiger partial charge is 0.257 e. The van der Waals surface area contributed by atoms with Crippen LogP contribution in [0.5, 0.6) is 0 Å². The van der Waals surface area contributed by atoms with E-state index in [1.54, 1.807) is 0 Å². The molecule has 128 valence electrons.